The molecule has 0 N–H and O–H groups in total. The third kappa shape index (κ3) is 3.28. The number of hydrogen-bond donors (Lipinski definition) is 0. The zero-order valence-corrected chi connectivity index (χ0v) is 14.1. The van der Waals surface area contributed by atoms with Crippen LogP contribution < -0.4 is 0 Å². The number of carbonyl (C=O) groups is 1. The van der Waals surface area contributed by atoms with E-state index in [2.05, 4.69) is 24.0 Å². The van der Waals surface area contributed by atoms with Crippen molar-refractivity contribution in [3.8, 4) is 5.69 Å². The van der Waals surface area contributed by atoms with Crippen LogP contribution in [0.3, 0.4) is 0 Å². The molecule has 1 saturated heterocycles. The number of aryl methyl sites for hydroxylation is 1. The van der Waals surface area contributed by atoms with E-state index in [-0.39, 0.29) is 5.91 Å². The van der Waals surface area contributed by atoms with Gasteiger partial charge in [0.1, 0.15) is 0 Å². The number of benzene rings is 1. The highest BCUT2D eigenvalue weighted by Gasteiger charge is 2.26. The van der Waals surface area contributed by atoms with Gasteiger partial charge < -0.3 is 4.90 Å². The van der Waals surface area contributed by atoms with Crippen molar-refractivity contribution in [1.29, 1.82) is 0 Å². The van der Waals surface area contributed by atoms with Gasteiger partial charge in [0.2, 0.25) is 0 Å². The summed E-state index contributed by atoms with van der Waals surface area (Å²) >= 11 is 0. The lowest BCUT2D eigenvalue weighted by Gasteiger charge is -2.25. The summed E-state index contributed by atoms with van der Waals surface area (Å²) in [6, 6.07) is 5.86. The largest absolute Gasteiger partial charge is 0.338 e. The van der Waals surface area contributed by atoms with Crippen LogP contribution in [0.5, 0.6) is 0 Å². The maximum atomic E-state index is 13.1. The van der Waals surface area contributed by atoms with Crippen LogP contribution in [0.1, 0.15) is 42.6 Å². The highest BCUT2D eigenvalue weighted by atomic mass is 16.2. The molecule has 2 aromatic rings. The van der Waals surface area contributed by atoms with Crippen molar-refractivity contribution >= 4 is 5.91 Å². The van der Waals surface area contributed by atoms with Gasteiger partial charge in [-0.25, -0.2) is 0 Å². The molecule has 0 radical (unpaired) electrons. The van der Waals surface area contributed by atoms with Gasteiger partial charge in [-0.1, -0.05) is 25.5 Å². The summed E-state index contributed by atoms with van der Waals surface area (Å²) < 4.78 is 0. The molecule has 5 nitrogen and oxygen atoms in total. The van der Waals surface area contributed by atoms with E-state index in [1.54, 1.807) is 12.4 Å². The number of carbonyl (C=O) groups excluding carboxylic acids is 1. The fourth-order valence-corrected chi connectivity index (χ4v) is 3.20. The zero-order valence-electron chi connectivity index (χ0n) is 14.1. The lowest BCUT2D eigenvalue weighted by molar-refractivity contribution is 0.0739. The van der Waals surface area contributed by atoms with Gasteiger partial charge in [0.25, 0.3) is 5.91 Å². The summed E-state index contributed by atoms with van der Waals surface area (Å²) in [5.74, 6) is 1.28. The Morgan fingerprint density at radius 2 is 1.91 bits per heavy atom. The van der Waals surface area contributed by atoms with Gasteiger partial charge >= 0.3 is 0 Å². The normalized spacial score (nSPS) is 22.0. The van der Waals surface area contributed by atoms with Crippen LogP contribution in [0.15, 0.2) is 30.6 Å². The van der Waals surface area contributed by atoms with Crippen molar-refractivity contribution in [2.45, 2.75) is 33.6 Å². The minimum Gasteiger partial charge on any atom is -0.338 e. The molecule has 0 saturated carbocycles. The standard InChI is InChI=1S/C18H24N4O/c1-13-6-7-17(22-19-8-9-20-22)16(11-13)18(23)21-10-4-5-14(2)15(3)12-21/h6-9,11,14-15H,4-5,10,12H2,1-3H3. The molecule has 2 unspecified atom stereocenters. The molecular weight excluding hydrogens is 288 g/mol. The van der Waals surface area contributed by atoms with Gasteiger partial charge in [0, 0.05) is 13.1 Å². The minimum atomic E-state index is 0.0851. The van der Waals surface area contributed by atoms with E-state index in [0.29, 0.717) is 17.4 Å². The van der Waals surface area contributed by atoms with Crippen molar-refractivity contribution in [1.82, 2.24) is 19.9 Å². The molecule has 1 aromatic carbocycles. The van der Waals surface area contributed by atoms with Gasteiger partial charge in [-0.2, -0.15) is 15.0 Å². The SMILES string of the molecule is Cc1ccc(-n2nccn2)c(C(=O)N2CCCC(C)C(C)C2)c1. The summed E-state index contributed by atoms with van der Waals surface area (Å²) in [5.41, 5.74) is 2.50. The molecule has 3 rings (SSSR count). The number of rotatable bonds is 2. The lowest BCUT2D eigenvalue weighted by Crippen LogP contribution is -2.35. The number of nitrogens with zero attached hydrogens (tertiary/aromatic N) is 4. The molecule has 2 heterocycles. The van der Waals surface area contributed by atoms with Crippen LogP contribution in [-0.2, 0) is 0 Å². The molecule has 1 aromatic heterocycles. The number of hydrogen-bond acceptors (Lipinski definition) is 3. The van der Waals surface area contributed by atoms with Crippen molar-refractivity contribution in [2.75, 3.05) is 13.1 Å². The molecule has 0 bridgehead atoms. The van der Waals surface area contributed by atoms with E-state index < -0.39 is 0 Å². The Morgan fingerprint density at radius 1 is 1.17 bits per heavy atom. The smallest absolute Gasteiger partial charge is 0.256 e. The van der Waals surface area contributed by atoms with E-state index in [9.17, 15) is 4.79 Å². The van der Waals surface area contributed by atoms with Crippen LogP contribution in [0.2, 0.25) is 0 Å². The third-order valence-electron chi connectivity index (χ3n) is 4.87. The van der Waals surface area contributed by atoms with Crippen LogP contribution >= 0.6 is 0 Å². The predicted octanol–water partition coefficient (Wildman–Crippen LogP) is 3.08. The van der Waals surface area contributed by atoms with E-state index in [0.717, 1.165) is 30.8 Å². The number of likely N-dealkylation sites (tertiary alicyclic amines) is 1. The predicted molar refractivity (Wildman–Crippen MR) is 89.6 cm³/mol. The van der Waals surface area contributed by atoms with Gasteiger partial charge in [-0.15, -0.1) is 0 Å². The monoisotopic (exact) mass is 312 g/mol. The Labute approximate surface area is 137 Å². The van der Waals surface area contributed by atoms with Crippen LogP contribution in [-0.4, -0.2) is 38.9 Å². The van der Waals surface area contributed by atoms with E-state index >= 15 is 0 Å². The molecule has 1 fully saturated rings. The molecule has 2 atom stereocenters. The summed E-state index contributed by atoms with van der Waals surface area (Å²) in [6.07, 6.45) is 5.51. The Hall–Kier alpha value is -2.17. The highest BCUT2D eigenvalue weighted by molar-refractivity contribution is 5.98. The first-order chi connectivity index (χ1) is 11.1. The molecule has 5 heteroatoms. The van der Waals surface area contributed by atoms with Crippen LogP contribution in [0.4, 0.5) is 0 Å². The molecule has 1 aliphatic rings. The maximum absolute atomic E-state index is 13.1. The van der Waals surface area contributed by atoms with E-state index in [4.69, 9.17) is 0 Å². The fourth-order valence-electron chi connectivity index (χ4n) is 3.20. The van der Waals surface area contributed by atoms with Crippen molar-refractivity contribution in [2.24, 2.45) is 11.8 Å². The molecule has 122 valence electrons. The summed E-state index contributed by atoms with van der Waals surface area (Å²) in [6.45, 7) is 8.17. The molecule has 0 aliphatic carbocycles. The Balaban J connectivity index is 1.94. The van der Waals surface area contributed by atoms with E-state index in [1.165, 1.54) is 11.2 Å². The van der Waals surface area contributed by atoms with Gasteiger partial charge in [0.05, 0.1) is 23.6 Å². The van der Waals surface area contributed by atoms with Crippen LogP contribution in [0.25, 0.3) is 5.69 Å². The van der Waals surface area contributed by atoms with Gasteiger partial charge in [-0.3, -0.25) is 4.79 Å². The zero-order chi connectivity index (χ0) is 16.4. The minimum absolute atomic E-state index is 0.0851. The van der Waals surface area contributed by atoms with Gasteiger partial charge in [0.15, 0.2) is 0 Å². The van der Waals surface area contributed by atoms with E-state index in [1.807, 2.05) is 30.0 Å². The molecule has 23 heavy (non-hydrogen) atoms. The second-order valence-corrected chi connectivity index (χ2v) is 6.69. The summed E-state index contributed by atoms with van der Waals surface area (Å²) in [4.78, 5) is 16.7. The van der Waals surface area contributed by atoms with Crippen molar-refractivity contribution in [3.05, 3.63) is 41.7 Å². The molecular formula is C18H24N4O. The first-order valence-corrected chi connectivity index (χ1v) is 8.33. The lowest BCUT2D eigenvalue weighted by atomic mass is 9.93. The second-order valence-electron chi connectivity index (χ2n) is 6.69. The van der Waals surface area contributed by atoms with Crippen molar-refractivity contribution in [3.63, 3.8) is 0 Å². The topological polar surface area (TPSA) is 51.0 Å². The highest BCUT2D eigenvalue weighted by Crippen LogP contribution is 2.25. The van der Waals surface area contributed by atoms with Gasteiger partial charge in [-0.05, 0) is 43.7 Å². The second kappa shape index (κ2) is 6.52. The summed E-state index contributed by atoms with van der Waals surface area (Å²) in [5, 5.41) is 8.37. The van der Waals surface area contributed by atoms with Crippen LogP contribution in [0, 0.1) is 18.8 Å². The molecule has 0 spiro atoms. The molecule has 1 amide bonds. The maximum Gasteiger partial charge on any atom is 0.256 e. The average Bonchev–Trinajstić information content (AvgIpc) is 3.01. The number of aromatic nitrogens is 3. The Kier molecular flexibility index (Phi) is 4.46. The summed E-state index contributed by atoms with van der Waals surface area (Å²) in [7, 11) is 0. The third-order valence-corrected chi connectivity index (χ3v) is 4.87. The first kappa shape index (κ1) is 15.7. The quantitative estimate of drug-likeness (QED) is 0.856. The molecule has 1 aliphatic heterocycles. The Morgan fingerprint density at radius 3 is 2.65 bits per heavy atom. The Bertz CT molecular complexity index is 680. The fraction of sp³-hybridized carbons (Fsp3) is 0.500. The average molecular weight is 312 g/mol. The first-order valence-electron chi connectivity index (χ1n) is 8.33. The van der Waals surface area contributed by atoms with Crippen molar-refractivity contribution < 1.29 is 4.79 Å². The number of amides is 1.